The van der Waals surface area contributed by atoms with Crippen LogP contribution >= 0.6 is 0 Å². The standard InChI is InChI=1S/C18H32O6/c1-7-17(3,4)23-15(19)21-13-9-11-14(12-10-13)22-16(20)24-18(5,6)8-2/h13-14H,7-12H2,1-6H3. The van der Waals surface area contributed by atoms with E-state index in [1.807, 2.05) is 41.5 Å². The van der Waals surface area contributed by atoms with Gasteiger partial charge in [-0.05, 0) is 66.2 Å². The Balaban J connectivity index is 2.31. The lowest BCUT2D eigenvalue weighted by molar-refractivity contribution is -0.0658. The third-order valence-corrected chi connectivity index (χ3v) is 4.57. The maximum atomic E-state index is 11.8. The highest BCUT2D eigenvalue weighted by molar-refractivity contribution is 5.61. The van der Waals surface area contributed by atoms with E-state index < -0.39 is 23.5 Å². The fourth-order valence-corrected chi connectivity index (χ4v) is 2.18. The van der Waals surface area contributed by atoms with E-state index in [1.54, 1.807) is 0 Å². The Labute approximate surface area is 145 Å². The van der Waals surface area contributed by atoms with Crippen LogP contribution in [0, 0.1) is 0 Å². The second kappa shape index (κ2) is 8.58. The van der Waals surface area contributed by atoms with Gasteiger partial charge >= 0.3 is 12.3 Å². The van der Waals surface area contributed by atoms with Crippen molar-refractivity contribution in [1.82, 2.24) is 0 Å². The highest BCUT2D eigenvalue weighted by Gasteiger charge is 2.30. The summed E-state index contributed by atoms with van der Waals surface area (Å²) in [4.78, 5) is 23.6. The number of carbonyl (C=O) groups is 2. The fourth-order valence-electron chi connectivity index (χ4n) is 2.18. The van der Waals surface area contributed by atoms with Gasteiger partial charge in [-0.1, -0.05) is 13.8 Å². The lowest BCUT2D eigenvalue weighted by Gasteiger charge is -2.30. The first-order valence-electron chi connectivity index (χ1n) is 8.86. The van der Waals surface area contributed by atoms with Gasteiger partial charge in [0.15, 0.2) is 0 Å². The minimum Gasteiger partial charge on any atom is -0.431 e. The maximum Gasteiger partial charge on any atom is 0.509 e. The topological polar surface area (TPSA) is 71.1 Å². The summed E-state index contributed by atoms with van der Waals surface area (Å²) in [5.74, 6) is 0. The Bertz CT molecular complexity index is 381. The summed E-state index contributed by atoms with van der Waals surface area (Å²) >= 11 is 0. The van der Waals surface area contributed by atoms with Gasteiger partial charge in [0.25, 0.3) is 0 Å². The number of carbonyl (C=O) groups excluding carboxylic acids is 2. The van der Waals surface area contributed by atoms with Crippen LogP contribution in [0.2, 0.25) is 0 Å². The summed E-state index contributed by atoms with van der Waals surface area (Å²) in [5.41, 5.74) is -1.04. The molecule has 0 atom stereocenters. The Morgan fingerprint density at radius 1 is 0.750 bits per heavy atom. The molecule has 0 radical (unpaired) electrons. The van der Waals surface area contributed by atoms with Crippen molar-refractivity contribution in [3.05, 3.63) is 0 Å². The van der Waals surface area contributed by atoms with E-state index in [0.717, 1.165) is 12.8 Å². The molecule has 0 aliphatic heterocycles. The summed E-state index contributed by atoms with van der Waals surface area (Å²) in [6, 6.07) is 0. The van der Waals surface area contributed by atoms with Crippen molar-refractivity contribution in [3.63, 3.8) is 0 Å². The van der Waals surface area contributed by atoms with Crippen molar-refractivity contribution < 1.29 is 28.5 Å². The predicted molar refractivity (Wildman–Crippen MR) is 89.9 cm³/mol. The van der Waals surface area contributed by atoms with E-state index in [9.17, 15) is 9.59 Å². The molecule has 1 saturated carbocycles. The third kappa shape index (κ3) is 7.41. The van der Waals surface area contributed by atoms with Crippen LogP contribution in [0.1, 0.15) is 80.1 Å². The highest BCUT2D eigenvalue weighted by Crippen LogP contribution is 2.26. The predicted octanol–water partition coefficient (Wildman–Crippen LogP) is 4.98. The van der Waals surface area contributed by atoms with Gasteiger partial charge in [0.2, 0.25) is 0 Å². The van der Waals surface area contributed by atoms with Crippen molar-refractivity contribution in [2.75, 3.05) is 0 Å². The number of hydrogen-bond donors (Lipinski definition) is 0. The first kappa shape index (κ1) is 20.6. The van der Waals surface area contributed by atoms with Gasteiger partial charge in [-0.15, -0.1) is 0 Å². The zero-order valence-corrected chi connectivity index (χ0v) is 15.8. The van der Waals surface area contributed by atoms with E-state index >= 15 is 0 Å². The second-order valence-electron chi connectivity index (χ2n) is 7.57. The normalized spacial score (nSPS) is 21.8. The van der Waals surface area contributed by atoms with Crippen LogP contribution in [0.15, 0.2) is 0 Å². The lowest BCUT2D eigenvalue weighted by Crippen LogP contribution is -2.34. The minimum atomic E-state index is -0.629. The monoisotopic (exact) mass is 344 g/mol. The van der Waals surface area contributed by atoms with Gasteiger partial charge < -0.3 is 18.9 Å². The van der Waals surface area contributed by atoms with Gasteiger partial charge in [0.05, 0.1) is 0 Å². The van der Waals surface area contributed by atoms with Crippen molar-refractivity contribution in [2.45, 2.75) is 103 Å². The Hall–Kier alpha value is -1.46. The molecule has 0 saturated heterocycles. The van der Waals surface area contributed by atoms with E-state index in [4.69, 9.17) is 18.9 Å². The minimum absolute atomic E-state index is 0.187. The molecule has 0 N–H and O–H groups in total. The Morgan fingerprint density at radius 2 is 1.04 bits per heavy atom. The molecule has 6 heteroatoms. The van der Waals surface area contributed by atoms with Crippen LogP contribution in [0.25, 0.3) is 0 Å². The van der Waals surface area contributed by atoms with Crippen LogP contribution in [0.5, 0.6) is 0 Å². The molecule has 6 nitrogen and oxygen atoms in total. The van der Waals surface area contributed by atoms with E-state index in [0.29, 0.717) is 25.7 Å². The third-order valence-electron chi connectivity index (χ3n) is 4.57. The molecule has 0 bridgehead atoms. The molecule has 0 heterocycles. The summed E-state index contributed by atoms with van der Waals surface area (Å²) in [6.07, 6.45) is 2.41. The molecule has 140 valence electrons. The molecule has 0 spiro atoms. The van der Waals surface area contributed by atoms with Gasteiger partial charge in [0.1, 0.15) is 23.4 Å². The van der Waals surface area contributed by atoms with Crippen molar-refractivity contribution in [2.24, 2.45) is 0 Å². The zero-order chi connectivity index (χ0) is 18.4. The molecule has 1 aliphatic carbocycles. The smallest absolute Gasteiger partial charge is 0.431 e. The second-order valence-corrected chi connectivity index (χ2v) is 7.57. The maximum absolute atomic E-state index is 11.8. The number of rotatable bonds is 6. The Kier molecular flexibility index (Phi) is 7.36. The molecule has 1 fully saturated rings. The highest BCUT2D eigenvalue weighted by atomic mass is 16.7. The van der Waals surface area contributed by atoms with Gasteiger partial charge in [-0.2, -0.15) is 0 Å². The molecule has 0 aromatic rings. The summed E-state index contributed by atoms with van der Waals surface area (Å²) in [5, 5.41) is 0. The molecule has 0 unspecified atom stereocenters. The number of ether oxygens (including phenoxy) is 4. The van der Waals surface area contributed by atoms with E-state index in [-0.39, 0.29) is 12.2 Å². The summed E-state index contributed by atoms with van der Waals surface area (Å²) < 4.78 is 21.3. The van der Waals surface area contributed by atoms with E-state index in [1.165, 1.54) is 0 Å². The van der Waals surface area contributed by atoms with Crippen molar-refractivity contribution in [3.8, 4) is 0 Å². The van der Waals surface area contributed by atoms with Crippen LogP contribution in [-0.4, -0.2) is 35.7 Å². The molecule has 1 aliphatic rings. The molecular formula is C18H32O6. The fraction of sp³-hybridized carbons (Fsp3) is 0.889. The quantitative estimate of drug-likeness (QED) is 0.633. The lowest BCUT2D eigenvalue weighted by atomic mass is 9.95. The SMILES string of the molecule is CCC(C)(C)OC(=O)OC1CCC(OC(=O)OC(C)(C)CC)CC1. The molecule has 24 heavy (non-hydrogen) atoms. The largest absolute Gasteiger partial charge is 0.509 e. The summed E-state index contributed by atoms with van der Waals surface area (Å²) in [6.45, 7) is 11.3. The molecule has 1 rings (SSSR count). The average molecular weight is 344 g/mol. The van der Waals surface area contributed by atoms with Gasteiger partial charge in [-0.3, -0.25) is 0 Å². The molecule has 0 aromatic carbocycles. The average Bonchev–Trinajstić information content (AvgIpc) is 2.48. The van der Waals surface area contributed by atoms with Crippen molar-refractivity contribution in [1.29, 1.82) is 0 Å². The zero-order valence-electron chi connectivity index (χ0n) is 15.8. The van der Waals surface area contributed by atoms with Crippen LogP contribution in [-0.2, 0) is 18.9 Å². The van der Waals surface area contributed by atoms with E-state index in [2.05, 4.69) is 0 Å². The molecule has 0 aromatic heterocycles. The van der Waals surface area contributed by atoms with Crippen LogP contribution < -0.4 is 0 Å². The number of hydrogen-bond acceptors (Lipinski definition) is 6. The summed E-state index contributed by atoms with van der Waals surface area (Å²) in [7, 11) is 0. The van der Waals surface area contributed by atoms with Crippen molar-refractivity contribution >= 4 is 12.3 Å². The van der Waals surface area contributed by atoms with Crippen LogP contribution in [0.3, 0.4) is 0 Å². The first-order chi connectivity index (χ1) is 11.1. The molecular weight excluding hydrogens is 312 g/mol. The van der Waals surface area contributed by atoms with Crippen LogP contribution in [0.4, 0.5) is 9.59 Å². The molecule has 0 amide bonds. The first-order valence-corrected chi connectivity index (χ1v) is 8.86. The van der Waals surface area contributed by atoms with Gasteiger partial charge in [-0.25, -0.2) is 9.59 Å². The van der Waals surface area contributed by atoms with Gasteiger partial charge in [0, 0.05) is 0 Å². The Morgan fingerprint density at radius 3 is 1.29 bits per heavy atom.